The molecule has 94 valence electrons. The van der Waals surface area contributed by atoms with Crippen molar-refractivity contribution in [2.24, 2.45) is 0 Å². The van der Waals surface area contributed by atoms with Gasteiger partial charge in [0.1, 0.15) is 0 Å². The topological polar surface area (TPSA) is 15.3 Å². The zero-order chi connectivity index (χ0) is 12.3. The highest BCUT2D eigenvalue weighted by atomic mass is 79.9. The molecule has 17 heavy (non-hydrogen) atoms. The monoisotopic (exact) mass is 316 g/mol. The molecule has 1 N–H and O–H groups in total. The van der Waals surface area contributed by atoms with Gasteiger partial charge >= 0.3 is 0 Å². The molecule has 1 aliphatic rings. The number of halogens is 2. The summed E-state index contributed by atoms with van der Waals surface area (Å²) in [7, 11) is 0. The lowest BCUT2D eigenvalue weighted by Gasteiger charge is -2.35. The Balaban J connectivity index is 2.21. The lowest BCUT2D eigenvalue weighted by molar-refractivity contribution is 0.169. The Morgan fingerprint density at radius 2 is 2.12 bits per heavy atom. The molecule has 0 amide bonds. The molecule has 0 radical (unpaired) electrons. The Morgan fingerprint density at radius 3 is 2.71 bits per heavy atom. The number of piperazine rings is 1. The Bertz CT molecular complexity index is 378. The molecule has 0 aliphatic carbocycles. The van der Waals surface area contributed by atoms with Gasteiger partial charge < -0.3 is 5.32 Å². The van der Waals surface area contributed by atoms with Crippen LogP contribution < -0.4 is 5.32 Å². The van der Waals surface area contributed by atoms with Crippen LogP contribution in [0.1, 0.15) is 24.9 Å². The van der Waals surface area contributed by atoms with E-state index in [2.05, 4.69) is 39.1 Å². The van der Waals surface area contributed by atoms with Crippen molar-refractivity contribution in [3.63, 3.8) is 0 Å². The summed E-state index contributed by atoms with van der Waals surface area (Å²) in [5.74, 6) is 0. The fraction of sp³-hybridized carbons (Fsp3) is 0.538. The standard InChI is InChI=1S/C13H18BrClN2/c1-2-13(17-7-5-16-6-8-17)11-4-3-10(15)9-12(11)14/h3-4,9,13,16H,2,5-8H2,1H3/t13-/m1/s1. The first-order chi connectivity index (χ1) is 8.22. The quantitative estimate of drug-likeness (QED) is 0.918. The van der Waals surface area contributed by atoms with Crippen molar-refractivity contribution in [2.45, 2.75) is 19.4 Å². The number of nitrogens with zero attached hydrogens (tertiary/aromatic N) is 1. The van der Waals surface area contributed by atoms with Crippen LogP contribution in [0.2, 0.25) is 5.02 Å². The molecule has 1 aromatic rings. The molecular weight excluding hydrogens is 300 g/mol. The number of rotatable bonds is 3. The van der Waals surface area contributed by atoms with Crippen LogP contribution in [0.25, 0.3) is 0 Å². The third kappa shape index (κ3) is 3.22. The number of nitrogens with one attached hydrogen (secondary N) is 1. The number of hydrogen-bond acceptors (Lipinski definition) is 2. The second-order valence-corrected chi connectivity index (χ2v) is 5.67. The molecule has 2 nitrogen and oxygen atoms in total. The van der Waals surface area contributed by atoms with Gasteiger partial charge in [-0.15, -0.1) is 0 Å². The molecular formula is C13H18BrClN2. The molecule has 1 saturated heterocycles. The predicted molar refractivity (Wildman–Crippen MR) is 76.6 cm³/mol. The minimum atomic E-state index is 0.490. The molecule has 1 aliphatic heterocycles. The van der Waals surface area contributed by atoms with Gasteiger partial charge in [-0.25, -0.2) is 0 Å². The van der Waals surface area contributed by atoms with Crippen LogP contribution in [0.3, 0.4) is 0 Å². The molecule has 1 aromatic carbocycles. The maximum atomic E-state index is 6.00. The normalized spacial score (nSPS) is 19.2. The Morgan fingerprint density at radius 1 is 1.41 bits per heavy atom. The molecule has 0 spiro atoms. The summed E-state index contributed by atoms with van der Waals surface area (Å²) in [6.07, 6.45) is 1.13. The van der Waals surface area contributed by atoms with Crippen molar-refractivity contribution >= 4 is 27.5 Å². The molecule has 1 heterocycles. The molecule has 1 fully saturated rings. The van der Waals surface area contributed by atoms with E-state index in [0.29, 0.717) is 6.04 Å². The summed E-state index contributed by atoms with van der Waals surface area (Å²) in [6.45, 7) is 6.65. The highest BCUT2D eigenvalue weighted by Gasteiger charge is 2.22. The summed E-state index contributed by atoms with van der Waals surface area (Å²) >= 11 is 9.63. The lowest BCUT2D eigenvalue weighted by atomic mass is 10.0. The second-order valence-electron chi connectivity index (χ2n) is 4.38. The highest BCUT2D eigenvalue weighted by molar-refractivity contribution is 9.10. The highest BCUT2D eigenvalue weighted by Crippen LogP contribution is 2.32. The molecule has 4 heteroatoms. The van der Waals surface area contributed by atoms with Gasteiger partial charge in [-0.3, -0.25) is 4.90 Å². The summed E-state index contributed by atoms with van der Waals surface area (Å²) in [6, 6.07) is 6.60. The van der Waals surface area contributed by atoms with Crippen LogP contribution in [0.15, 0.2) is 22.7 Å². The van der Waals surface area contributed by atoms with Gasteiger partial charge in [0, 0.05) is 41.7 Å². The molecule has 0 unspecified atom stereocenters. The van der Waals surface area contributed by atoms with E-state index in [-0.39, 0.29) is 0 Å². The van der Waals surface area contributed by atoms with Gasteiger partial charge in [-0.2, -0.15) is 0 Å². The zero-order valence-electron chi connectivity index (χ0n) is 10.0. The maximum Gasteiger partial charge on any atom is 0.0417 e. The summed E-state index contributed by atoms with van der Waals surface area (Å²) in [4.78, 5) is 2.55. The maximum absolute atomic E-state index is 6.00. The molecule has 0 saturated carbocycles. The van der Waals surface area contributed by atoms with Gasteiger partial charge in [0.25, 0.3) is 0 Å². The average Bonchev–Trinajstić information content (AvgIpc) is 2.34. The van der Waals surface area contributed by atoms with Crippen molar-refractivity contribution in [2.75, 3.05) is 26.2 Å². The lowest BCUT2D eigenvalue weighted by Crippen LogP contribution is -2.45. The van der Waals surface area contributed by atoms with Gasteiger partial charge in [-0.1, -0.05) is 40.5 Å². The Kier molecular flexibility index (Phi) is 4.86. The van der Waals surface area contributed by atoms with E-state index in [9.17, 15) is 0 Å². The number of benzene rings is 1. The van der Waals surface area contributed by atoms with Crippen molar-refractivity contribution in [1.82, 2.24) is 10.2 Å². The molecule has 1 atom stereocenters. The fourth-order valence-electron chi connectivity index (χ4n) is 2.44. The minimum Gasteiger partial charge on any atom is -0.314 e. The van der Waals surface area contributed by atoms with Crippen LogP contribution >= 0.6 is 27.5 Å². The molecule has 0 aromatic heterocycles. The Labute approximate surface area is 116 Å². The van der Waals surface area contributed by atoms with E-state index in [1.807, 2.05) is 12.1 Å². The van der Waals surface area contributed by atoms with Crippen molar-refractivity contribution in [3.8, 4) is 0 Å². The third-order valence-corrected chi connectivity index (χ3v) is 4.22. The summed E-state index contributed by atoms with van der Waals surface area (Å²) < 4.78 is 1.12. The second kappa shape index (κ2) is 6.19. The van der Waals surface area contributed by atoms with Gasteiger partial charge in [0.05, 0.1) is 0 Å². The first-order valence-electron chi connectivity index (χ1n) is 6.12. The average molecular weight is 318 g/mol. The Hall–Kier alpha value is -0.0900. The first-order valence-corrected chi connectivity index (χ1v) is 7.29. The SMILES string of the molecule is CC[C@H](c1ccc(Cl)cc1Br)N1CCNCC1. The van der Waals surface area contributed by atoms with Crippen molar-refractivity contribution in [1.29, 1.82) is 0 Å². The third-order valence-electron chi connectivity index (χ3n) is 3.30. The van der Waals surface area contributed by atoms with Crippen molar-refractivity contribution in [3.05, 3.63) is 33.3 Å². The van der Waals surface area contributed by atoms with E-state index >= 15 is 0 Å². The van der Waals surface area contributed by atoms with Crippen LogP contribution in [-0.4, -0.2) is 31.1 Å². The van der Waals surface area contributed by atoms with Crippen LogP contribution in [-0.2, 0) is 0 Å². The first kappa shape index (κ1) is 13.3. The minimum absolute atomic E-state index is 0.490. The van der Waals surface area contributed by atoms with E-state index < -0.39 is 0 Å². The van der Waals surface area contributed by atoms with Crippen LogP contribution in [0, 0.1) is 0 Å². The van der Waals surface area contributed by atoms with Crippen LogP contribution in [0.5, 0.6) is 0 Å². The van der Waals surface area contributed by atoms with Gasteiger partial charge in [0.2, 0.25) is 0 Å². The largest absolute Gasteiger partial charge is 0.314 e. The fourth-order valence-corrected chi connectivity index (χ4v) is 3.39. The van der Waals surface area contributed by atoms with E-state index in [1.54, 1.807) is 0 Å². The summed E-state index contributed by atoms with van der Waals surface area (Å²) in [5.41, 5.74) is 1.35. The molecule has 2 rings (SSSR count). The predicted octanol–water partition coefficient (Wildman–Crippen LogP) is 3.46. The van der Waals surface area contributed by atoms with E-state index in [1.165, 1.54) is 5.56 Å². The molecule has 0 bridgehead atoms. The van der Waals surface area contributed by atoms with Gasteiger partial charge in [-0.05, 0) is 24.1 Å². The van der Waals surface area contributed by atoms with Gasteiger partial charge in [0.15, 0.2) is 0 Å². The van der Waals surface area contributed by atoms with Crippen molar-refractivity contribution < 1.29 is 0 Å². The zero-order valence-corrected chi connectivity index (χ0v) is 12.4. The van der Waals surface area contributed by atoms with E-state index in [0.717, 1.165) is 42.1 Å². The van der Waals surface area contributed by atoms with Crippen LogP contribution in [0.4, 0.5) is 0 Å². The summed E-state index contributed by atoms with van der Waals surface area (Å²) in [5, 5.41) is 4.18. The number of hydrogen-bond donors (Lipinski definition) is 1. The van der Waals surface area contributed by atoms with E-state index in [4.69, 9.17) is 11.6 Å². The smallest absolute Gasteiger partial charge is 0.0417 e.